The Morgan fingerprint density at radius 2 is 2.19 bits per heavy atom. The summed E-state index contributed by atoms with van der Waals surface area (Å²) in [4.78, 5) is 30.1. The summed E-state index contributed by atoms with van der Waals surface area (Å²) in [6.45, 7) is 0. The highest BCUT2D eigenvalue weighted by molar-refractivity contribution is 7.46. The van der Waals surface area contributed by atoms with Gasteiger partial charge in [-0.3, -0.25) is 9.09 Å². The average molecular weight is 402 g/mol. The Kier molecular flexibility index (Phi) is 3.41. The monoisotopic (exact) mass is 402 g/mol. The molecule has 0 amide bonds. The summed E-state index contributed by atoms with van der Waals surface area (Å²) in [6.07, 6.45) is -2.70. The predicted octanol–water partition coefficient (Wildman–Crippen LogP) is -0.559. The van der Waals surface area contributed by atoms with Crippen LogP contribution in [0.2, 0.25) is 0 Å². The number of nitrogens with zero attached hydrogens (tertiary/aromatic N) is 4. The Morgan fingerprint density at radius 1 is 1.44 bits per heavy atom. The molecule has 1 unspecified atom stereocenters. The van der Waals surface area contributed by atoms with Gasteiger partial charge in [-0.1, -0.05) is 0 Å². The zero-order chi connectivity index (χ0) is 19.1. The van der Waals surface area contributed by atoms with Crippen molar-refractivity contribution in [3.05, 3.63) is 6.33 Å². The number of ether oxygens (including phenoxy) is 1. The molecule has 2 saturated carbocycles. The van der Waals surface area contributed by atoms with Gasteiger partial charge in [0.05, 0.1) is 6.33 Å². The van der Waals surface area contributed by atoms with Crippen molar-refractivity contribution in [3.8, 4) is 0 Å². The normalized spacial score (nSPS) is 35.4. The quantitative estimate of drug-likeness (QED) is 0.405. The number of imidazole rings is 1. The molecule has 3 heterocycles. The number of fused-ring (bicyclic) bond motifs is 2. The lowest BCUT2D eigenvalue weighted by Crippen LogP contribution is -2.34. The molecule has 14 heteroatoms. The molecule has 12 nitrogen and oxygen atoms in total. The van der Waals surface area contributed by atoms with E-state index in [0.29, 0.717) is 11.3 Å². The van der Waals surface area contributed by atoms with Crippen molar-refractivity contribution in [3.63, 3.8) is 0 Å². The molecule has 6 N–H and O–H groups in total. The molecule has 27 heavy (non-hydrogen) atoms. The van der Waals surface area contributed by atoms with Crippen molar-refractivity contribution in [2.24, 2.45) is 0 Å². The highest BCUT2D eigenvalue weighted by Crippen LogP contribution is 2.60. The highest BCUT2D eigenvalue weighted by atomic mass is 31.2. The smallest absolute Gasteiger partial charge is 0.381 e. The van der Waals surface area contributed by atoms with Gasteiger partial charge >= 0.3 is 7.82 Å². The van der Waals surface area contributed by atoms with Crippen molar-refractivity contribution in [2.45, 2.75) is 49.1 Å². The Balaban J connectivity index is 1.46. The van der Waals surface area contributed by atoms with Gasteiger partial charge in [0.2, 0.25) is 5.95 Å². The number of nitrogens with two attached hydrogens (primary N) is 1. The Labute approximate surface area is 150 Å². The molecule has 2 aromatic heterocycles. The molecule has 5 rings (SSSR count). The maximum Gasteiger partial charge on any atom is 0.470 e. The van der Waals surface area contributed by atoms with Gasteiger partial charge in [-0.15, -0.1) is 0 Å². The van der Waals surface area contributed by atoms with E-state index in [4.69, 9.17) is 20.3 Å². The van der Waals surface area contributed by atoms with E-state index in [1.165, 1.54) is 10.9 Å². The van der Waals surface area contributed by atoms with Crippen molar-refractivity contribution in [2.75, 3.05) is 11.1 Å². The van der Waals surface area contributed by atoms with E-state index in [9.17, 15) is 14.1 Å². The van der Waals surface area contributed by atoms with Crippen LogP contribution in [0, 0.1) is 0 Å². The Morgan fingerprint density at radius 3 is 2.78 bits per heavy atom. The van der Waals surface area contributed by atoms with Gasteiger partial charge in [0, 0.05) is 6.04 Å². The van der Waals surface area contributed by atoms with Crippen molar-refractivity contribution in [1.82, 2.24) is 19.5 Å². The minimum atomic E-state index is -4.89. The first-order valence-electron chi connectivity index (χ1n) is 8.21. The van der Waals surface area contributed by atoms with Crippen LogP contribution in [-0.2, 0) is 13.8 Å². The van der Waals surface area contributed by atoms with E-state index in [1.807, 2.05) is 0 Å². The fourth-order valence-electron chi connectivity index (χ4n) is 3.41. The Hall–Kier alpha value is -1.89. The number of aromatic nitrogens is 4. The van der Waals surface area contributed by atoms with Crippen LogP contribution >= 0.6 is 7.82 Å². The number of rotatable bonds is 5. The third-order valence-corrected chi connectivity index (χ3v) is 5.44. The lowest BCUT2D eigenvalue weighted by molar-refractivity contribution is -0.0598. The third-order valence-electron chi connectivity index (χ3n) is 4.94. The van der Waals surface area contributed by atoms with Crippen LogP contribution in [0.3, 0.4) is 0 Å². The molecule has 1 aliphatic heterocycles. The van der Waals surface area contributed by atoms with Gasteiger partial charge < -0.3 is 30.7 Å². The van der Waals surface area contributed by atoms with Crippen LogP contribution in [0.4, 0.5) is 16.2 Å². The second kappa shape index (κ2) is 5.34. The fraction of sp³-hybridized carbons (Fsp3) is 0.615. The number of phosphoric ester groups is 1. The molecular formula is C13H16FN6O6P. The molecule has 1 saturated heterocycles. The SMILES string of the molecule is Nc1nc(NC2CC2)c2ncn([C@@H]3O[C@@H]4C(OP(=O)(O)O)[C@]4(O)[C@H]3F)c2n1. The standard InChI is InChI=1S/C13H16FN6O6P/c14-6-11(25-7-8(13(6,7)21)26-27(22,23)24)20-3-16-5-9(17-4-1-2-4)18-12(15)19-10(5)20/h3-4,6-8,11,21H,1-2H2,(H2,22,23,24)(H3,15,17,18,19)/t6-,7+,8?,11+,13-/m0/s1. The van der Waals surface area contributed by atoms with Crippen molar-refractivity contribution < 1.29 is 33.1 Å². The number of anilines is 2. The van der Waals surface area contributed by atoms with E-state index in [2.05, 4.69) is 24.8 Å². The van der Waals surface area contributed by atoms with Crippen LogP contribution in [0.5, 0.6) is 0 Å². The second-order valence-electron chi connectivity index (χ2n) is 6.93. The van der Waals surface area contributed by atoms with Crippen LogP contribution in [0.1, 0.15) is 19.1 Å². The van der Waals surface area contributed by atoms with Crippen LogP contribution < -0.4 is 11.1 Å². The minimum absolute atomic E-state index is 0.0348. The van der Waals surface area contributed by atoms with Gasteiger partial charge in [0.15, 0.2) is 35.0 Å². The van der Waals surface area contributed by atoms with Crippen molar-refractivity contribution in [1.29, 1.82) is 0 Å². The maximum absolute atomic E-state index is 14.9. The molecule has 146 valence electrons. The Bertz CT molecular complexity index is 980. The summed E-state index contributed by atoms with van der Waals surface area (Å²) in [6, 6.07) is 0.281. The van der Waals surface area contributed by atoms with Gasteiger partial charge in [-0.05, 0) is 12.8 Å². The molecule has 0 spiro atoms. The zero-order valence-corrected chi connectivity index (χ0v) is 14.5. The maximum atomic E-state index is 14.9. The molecular weight excluding hydrogens is 386 g/mol. The van der Waals surface area contributed by atoms with E-state index in [-0.39, 0.29) is 17.6 Å². The number of nitrogen functional groups attached to an aromatic ring is 1. The van der Waals surface area contributed by atoms with Gasteiger partial charge in [-0.2, -0.15) is 9.97 Å². The third kappa shape index (κ3) is 2.62. The molecule has 5 atom stereocenters. The van der Waals surface area contributed by atoms with Crippen LogP contribution in [0.15, 0.2) is 6.33 Å². The summed E-state index contributed by atoms with van der Waals surface area (Å²) in [5.41, 5.74) is 4.18. The molecule has 3 aliphatic rings. The summed E-state index contributed by atoms with van der Waals surface area (Å²) in [5, 5.41) is 13.5. The molecule has 2 aliphatic carbocycles. The lowest BCUT2D eigenvalue weighted by Gasteiger charge is -2.22. The number of nitrogens with one attached hydrogen (secondary N) is 1. The van der Waals surface area contributed by atoms with Crippen molar-refractivity contribution >= 4 is 30.8 Å². The highest BCUT2D eigenvalue weighted by Gasteiger charge is 2.80. The molecule has 0 aromatic carbocycles. The van der Waals surface area contributed by atoms with E-state index in [0.717, 1.165) is 12.8 Å². The molecule has 2 aromatic rings. The van der Waals surface area contributed by atoms with Crippen LogP contribution in [-0.4, -0.2) is 64.4 Å². The summed E-state index contributed by atoms with van der Waals surface area (Å²) < 4.78 is 37.0. The summed E-state index contributed by atoms with van der Waals surface area (Å²) in [7, 11) is -4.89. The topological polar surface area (TPSA) is 178 Å². The molecule has 3 fully saturated rings. The largest absolute Gasteiger partial charge is 0.470 e. The van der Waals surface area contributed by atoms with Gasteiger partial charge in [0.25, 0.3) is 0 Å². The first-order chi connectivity index (χ1) is 12.7. The van der Waals surface area contributed by atoms with E-state index >= 15 is 0 Å². The number of phosphoric acid groups is 1. The van der Waals surface area contributed by atoms with E-state index in [1.54, 1.807) is 0 Å². The summed E-state index contributed by atoms with van der Waals surface area (Å²) >= 11 is 0. The number of aliphatic hydroxyl groups is 1. The second-order valence-corrected chi connectivity index (χ2v) is 8.12. The first kappa shape index (κ1) is 17.2. The summed E-state index contributed by atoms with van der Waals surface area (Å²) in [5.74, 6) is 0.395. The lowest BCUT2D eigenvalue weighted by atomic mass is 10.2. The van der Waals surface area contributed by atoms with Gasteiger partial charge in [0.1, 0.15) is 12.2 Å². The number of alkyl halides is 1. The average Bonchev–Trinajstić information content (AvgIpc) is 3.39. The van der Waals surface area contributed by atoms with Crippen LogP contribution in [0.25, 0.3) is 11.2 Å². The number of hydrogen-bond acceptors (Lipinski definition) is 9. The zero-order valence-electron chi connectivity index (χ0n) is 13.6. The first-order valence-corrected chi connectivity index (χ1v) is 9.74. The van der Waals surface area contributed by atoms with E-state index < -0.39 is 38.0 Å². The molecule has 0 bridgehead atoms. The van der Waals surface area contributed by atoms with Gasteiger partial charge in [-0.25, -0.2) is 13.9 Å². The fourth-order valence-corrected chi connectivity index (χ4v) is 3.98. The predicted molar refractivity (Wildman–Crippen MR) is 87.1 cm³/mol. The molecule has 0 radical (unpaired) electrons. The number of hydrogen-bond donors (Lipinski definition) is 5. The number of halogens is 1. The minimum Gasteiger partial charge on any atom is -0.381 e.